The van der Waals surface area contributed by atoms with Crippen LogP contribution in [0.3, 0.4) is 0 Å². The van der Waals surface area contributed by atoms with E-state index in [0.29, 0.717) is 35.9 Å². The highest BCUT2D eigenvalue weighted by molar-refractivity contribution is 5.42. The largest absolute Gasteiger partial charge is 0.496 e. The van der Waals surface area contributed by atoms with E-state index < -0.39 is 0 Å². The second kappa shape index (κ2) is 7.56. The number of nitrogens with one attached hydrogen (secondary N) is 2. The first-order valence-corrected chi connectivity index (χ1v) is 9.03. The number of hydrogen-bond donors (Lipinski definition) is 2. The number of ether oxygens (including phenoxy) is 1. The van der Waals surface area contributed by atoms with Gasteiger partial charge in [-0.25, -0.2) is 4.98 Å². The van der Waals surface area contributed by atoms with Gasteiger partial charge in [0.25, 0.3) is 11.3 Å². The molecule has 0 radical (unpaired) electrons. The molecule has 0 fully saturated rings. The Bertz CT molecular complexity index is 1160. The first-order chi connectivity index (χ1) is 13.7. The van der Waals surface area contributed by atoms with Gasteiger partial charge >= 0.3 is 0 Å². The molecule has 0 atom stereocenters. The molecule has 2 aromatic heterocycles. The lowest BCUT2D eigenvalue weighted by atomic mass is 10.1. The number of aromatic nitrogens is 4. The van der Waals surface area contributed by atoms with Crippen molar-refractivity contribution in [1.82, 2.24) is 19.6 Å². The minimum absolute atomic E-state index is 0.135. The molecule has 0 aliphatic carbocycles. The maximum absolute atomic E-state index is 12.9. The summed E-state index contributed by atoms with van der Waals surface area (Å²) in [5, 5.41) is 6.20. The van der Waals surface area contributed by atoms with Crippen molar-refractivity contribution in [3.8, 4) is 5.75 Å². The zero-order chi connectivity index (χ0) is 19.5. The van der Waals surface area contributed by atoms with Gasteiger partial charge in [0.05, 0.1) is 12.8 Å². The number of H-pyrrole nitrogens is 1. The van der Waals surface area contributed by atoms with E-state index >= 15 is 0 Å². The van der Waals surface area contributed by atoms with Crippen molar-refractivity contribution in [3.05, 3.63) is 87.3 Å². The maximum atomic E-state index is 12.9. The molecule has 2 heterocycles. The van der Waals surface area contributed by atoms with Gasteiger partial charge in [-0.15, -0.1) is 0 Å². The summed E-state index contributed by atoms with van der Waals surface area (Å²) in [7, 11) is 1.64. The number of benzene rings is 2. The number of methoxy groups -OCH3 is 1. The van der Waals surface area contributed by atoms with Crippen LogP contribution < -0.4 is 15.6 Å². The van der Waals surface area contributed by atoms with Gasteiger partial charge in [-0.3, -0.25) is 9.89 Å². The number of hydrogen-bond acceptors (Lipinski definition) is 5. The van der Waals surface area contributed by atoms with Crippen molar-refractivity contribution in [2.75, 3.05) is 12.4 Å². The quantitative estimate of drug-likeness (QED) is 0.541. The molecule has 142 valence electrons. The molecular weight excluding hydrogens is 354 g/mol. The van der Waals surface area contributed by atoms with Crippen LogP contribution in [0, 0.1) is 6.92 Å². The Labute approximate surface area is 162 Å². The summed E-state index contributed by atoms with van der Waals surface area (Å²) < 4.78 is 6.75. The molecule has 7 heteroatoms. The minimum atomic E-state index is -0.135. The number of fused-ring (bicyclic) bond motifs is 1. The second-order valence-electron chi connectivity index (χ2n) is 6.52. The van der Waals surface area contributed by atoms with Gasteiger partial charge in [-0.2, -0.15) is 9.50 Å². The molecule has 0 unspecified atom stereocenters. The normalized spacial score (nSPS) is 10.9. The molecule has 0 aliphatic heterocycles. The van der Waals surface area contributed by atoms with Gasteiger partial charge in [-0.1, -0.05) is 48.5 Å². The molecule has 4 aromatic rings. The van der Waals surface area contributed by atoms with E-state index in [4.69, 9.17) is 4.74 Å². The van der Waals surface area contributed by atoms with Crippen LogP contribution in [0.15, 0.2) is 59.4 Å². The van der Waals surface area contributed by atoms with E-state index in [1.807, 2.05) is 61.5 Å². The van der Waals surface area contributed by atoms with Crippen molar-refractivity contribution in [2.45, 2.75) is 19.9 Å². The molecule has 2 N–H and O–H groups in total. The monoisotopic (exact) mass is 375 g/mol. The Balaban J connectivity index is 1.62. The van der Waals surface area contributed by atoms with Crippen molar-refractivity contribution >= 4 is 11.7 Å². The Kier molecular flexibility index (Phi) is 4.80. The molecule has 0 spiro atoms. The van der Waals surface area contributed by atoms with Crippen LogP contribution in [-0.4, -0.2) is 26.7 Å². The fourth-order valence-corrected chi connectivity index (χ4v) is 3.17. The van der Waals surface area contributed by atoms with E-state index in [-0.39, 0.29) is 5.56 Å². The average Bonchev–Trinajstić information content (AvgIpc) is 3.13. The zero-order valence-electron chi connectivity index (χ0n) is 15.8. The van der Waals surface area contributed by atoms with Gasteiger partial charge in [0.15, 0.2) is 0 Å². The highest BCUT2D eigenvalue weighted by Gasteiger charge is 2.14. The Morgan fingerprint density at radius 2 is 1.82 bits per heavy atom. The van der Waals surface area contributed by atoms with Crippen LogP contribution in [0.1, 0.15) is 22.4 Å². The van der Waals surface area contributed by atoms with Gasteiger partial charge in [0, 0.05) is 24.1 Å². The van der Waals surface area contributed by atoms with Crippen LogP contribution in [0.2, 0.25) is 0 Å². The lowest BCUT2D eigenvalue weighted by molar-refractivity contribution is 0.410. The zero-order valence-corrected chi connectivity index (χ0v) is 15.8. The number of aromatic amines is 1. The number of nitrogens with zero attached hydrogens (tertiary/aromatic N) is 3. The summed E-state index contributed by atoms with van der Waals surface area (Å²) in [5.41, 5.74) is 3.27. The summed E-state index contributed by atoms with van der Waals surface area (Å²) in [6.45, 7) is 2.35. The van der Waals surface area contributed by atoms with Crippen molar-refractivity contribution in [3.63, 3.8) is 0 Å². The predicted octanol–water partition coefficient (Wildman–Crippen LogP) is 2.94. The highest BCUT2D eigenvalue weighted by Crippen LogP contribution is 2.18. The smallest absolute Gasteiger partial charge is 0.277 e. The standard InChI is InChI=1S/C21H21N5O2/c1-14-17(12-15-8-4-3-5-9-15)19(27)26-21(23-14)24-20(25-26)22-13-16-10-6-7-11-18(16)28-2/h3-11H,12-13H2,1-2H3,(H2,22,23,24,25). The lowest BCUT2D eigenvalue weighted by Crippen LogP contribution is -2.22. The molecule has 0 saturated heterocycles. The summed E-state index contributed by atoms with van der Waals surface area (Å²) in [6.07, 6.45) is 0.532. The molecule has 28 heavy (non-hydrogen) atoms. The fourth-order valence-electron chi connectivity index (χ4n) is 3.17. The van der Waals surface area contributed by atoms with Crippen molar-refractivity contribution in [1.29, 1.82) is 0 Å². The van der Waals surface area contributed by atoms with E-state index in [0.717, 1.165) is 16.9 Å². The van der Waals surface area contributed by atoms with Gasteiger partial charge in [0.1, 0.15) is 5.75 Å². The number of anilines is 1. The SMILES string of the molecule is COc1ccccc1CNc1nc2nc(C)c(Cc3ccccc3)c(=O)n2[nH]1. The van der Waals surface area contributed by atoms with Crippen LogP contribution in [0.4, 0.5) is 5.95 Å². The number of rotatable bonds is 6. The average molecular weight is 375 g/mol. The molecule has 0 aliphatic rings. The third-order valence-electron chi connectivity index (χ3n) is 4.66. The minimum Gasteiger partial charge on any atom is -0.496 e. The molecule has 0 bridgehead atoms. The maximum Gasteiger partial charge on any atom is 0.277 e. The third kappa shape index (κ3) is 3.46. The molecular formula is C21H21N5O2. The third-order valence-corrected chi connectivity index (χ3v) is 4.66. The van der Waals surface area contributed by atoms with Crippen LogP contribution in [0.25, 0.3) is 5.78 Å². The summed E-state index contributed by atoms with van der Waals surface area (Å²) >= 11 is 0. The van der Waals surface area contributed by atoms with Crippen LogP contribution in [-0.2, 0) is 13.0 Å². The molecule has 0 saturated carbocycles. The molecule has 2 aromatic carbocycles. The van der Waals surface area contributed by atoms with E-state index in [2.05, 4.69) is 20.4 Å². The lowest BCUT2D eigenvalue weighted by Gasteiger charge is -2.08. The van der Waals surface area contributed by atoms with Crippen LogP contribution >= 0.6 is 0 Å². The van der Waals surface area contributed by atoms with E-state index in [1.165, 1.54) is 4.52 Å². The highest BCUT2D eigenvalue weighted by atomic mass is 16.5. The van der Waals surface area contributed by atoms with E-state index in [9.17, 15) is 4.79 Å². The summed E-state index contributed by atoms with van der Waals surface area (Å²) in [6, 6.07) is 17.6. The topological polar surface area (TPSA) is 84.3 Å². The summed E-state index contributed by atoms with van der Waals surface area (Å²) in [4.78, 5) is 21.8. The Morgan fingerprint density at radius 1 is 1.07 bits per heavy atom. The van der Waals surface area contributed by atoms with E-state index in [1.54, 1.807) is 7.11 Å². The van der Waals surface area contributed by atoms with Crippen molar-refractivity contribution in [2.24, 2.45) is 0 Å². The number of para-hydroxylation sites is 1. The molecule has 0 amide bonds. The second-order valence-corrected chi connectivity index (χ2v) is 6.52. The molecule has 4 rings (SSSR count). The fraction of sp³-hybridized carbons (Fsp3) is 0.190. The van der Waals surface area contributed by atoms with Gasteiger partial charge < -0.3 is 10.1 Å². The Morgan fingerprint density at radius 3 is 2.61 bits per heavy atom. The van der Waals surface area contributed by atoms with Gasteiger partial charge in [0.2, 0.25) is 5.95 Å². The van der Waals surface area contributed by atoms with Gasteiger partial charge in [-0.05, 0) is 18.6 Å². The van der Waals surface area contributed by atoms with Crippen molar-refractivity contribution < 1.29 is 4.74 Å². The van der Waals surface area contributed by atoms with Crippen LogP contribution in [0.5, 0.6) is 5.75 Å². The first kappa shape index (κ1) is 17.8. The summed E-state index contributed by atoms with van der Waals surface area (Å²) in [5.74, 6) is 1.62. The Hall–Kier alpha value is -3.61. The predicted molar refractivity (Wildman–Crippen MR) is 108 cm³/mol. The molecule has 7 nitrogen and oxygen atoms in total. The number of aryl methyl sites for hydroxylation is 1. The first-order valence-electron chi connectivity index (χ1n) is 9.03.